The number of sulfone groups is 1. The number of rotatable bonds is 2. The van der Waals surface area contributed by atoms with Crippen molar-refractivity contribution in [3.63, 3.8) is 0 Å². The van der Waals surface area contributed by atoms with Crippen LogP contribution in [-0.2, 0) is 9.84 Å². The normalized spacial score (nSPS) is 20.9. The second kappa shape index (κ2) is 4.93. The molecule has 0 radical (unpaired) electrons. The summed E-state index contributed by atoms with van der Waals surface area (Å²) in [5.41, 5.74) is 0.282. The van der Waals surface area contributed by atoms with Crippen LogP contribution >= 0.6 is 0 Å². The second-order valence-electron chi connectivity index (χ2n) is 4.60. The van der Waals surface area contributed by atoms with Crippen LogP contribution in [0.2, 0.25) is 0 Å². The average Bonchev–Trinajstić information content (AvgIpc) is 2.28. The zero-order chi connectivity index (χ0) is 13.3. The van der Waals surface area contributed by atoms with E-state index < -0.39 is 26.4 Å². The monoisotopic (exact) mass is 275 g/mol. The molecule has 1 saturated heterocycles. The molecule has 0 saturated carbocycles. The van der Waals surface area contributed by atoms with Gasteiger partial charge in [0.1, 0.15) is 16.5 Å². The lowest BCUT2D eigenvalue weighted by atomic mass is 9.91. The predicted molar refractivity (Wildman–Crippen MR) is 64.3 cm³/mol. The Bertz CT molecular complexity index is 551. The number of hydrogen-bond acceptors (Lipinski definition) is 3. The molecule has 1 aliphatic heterocycles. The van der Waals surface area contributed by atoms with Crippen LogP contribution in [0, 0.1) is 11.6 Å². The molecule has 1 fully saturated rings. The van der Waals surface area contributed by atoms with E-state index >= 15 is 0 Å². The molecule has 0 amide bonds. The fourth-order valence-corrected chi connectivity index (χ4v) is 3.19. The van der Waals surface area contributed by atoms with Crippen LogP contribution in [0.4, 0.5) is 8.78 Å². The zero-order valence-electron chi connectivity index (χ0n) is 10.0. The highest BCUT2D eigenvalue weighted by molar-refractivity contribution is 7.90. The van der Waals surface area contributed by atoms with Gasteiger partial charge < -0.3 is 5.32 Å². The topological polar surface area (TPSA) is 46.2 Å². The van der Waals surface area contributed by atoms with Crippen molar-refractivity contribution >= 4 is 9.84 Å². The van der Waals surface area contributed by atoms with E-state index in [2.05, 4.69) is 5.32 Å². The third-order valence-electron chi connectivity index (χ3n) is 3.19. The molecule has 1 aliphatic rings. The van der Waals surface area contributed by atoms with Gasteiger partial charge in [0.2, 0.25) is 0 Å². The number of hydrogen-bond donors (Lipinski definition) is 1. The molecule has 0 aromatic heterocycles. The van der Waals surface area contributed by atoms with Crippen molar-refractivity contribution in [1.82, 2.24) is 5.32 Å². The van der Waals surface area contributed by atoms with Crippen LogP contribution in [0.1, 0.15) is 24.3 Å². The summed E-state index contributed by atoms with van der Waals surface area (Å²) in [5.74, 6) is -2.06. The Morgan fingerprint density at radius 2 is 2.06 bits per heavy atom. The molecule has 6 heteroatoms. The highest BCUT2D eigenvalue weighted by Crippen LogP contribution is 2.30. The van der Waals surface area contributed by atoms with Gasteiger partial charge in [0.05, 0.1) is 0 Å². The lowest BCUT2D eigenvalue weighted by Gasteiger charge is -2.24. The van der Waals surface area contributed by atoms with E-state index in [1.54, 1.807) is 0 Å². The molecule has 1 N–H and O–H groups in total. The Morgan fingerprint density at radius 1 is 1.33 bits per heavy atom. The highest BCUT2D eigenvalue weighted by atomic mass is 32.2. The molecular weight excluding hydrogens is 260 g/mol. The van der Waals surface area contributed by atoms with E-state index in [9.17, 15) is 17.2 Å². The van der Waals surface area contributed by atoms with E-state index in [0.717, 1.165) is 31.7 Å². The number of benzene rings is 1. The van der Waals surface area contributed by atoms with Crippen molar-refractivity contribution in [2.24, 2.45) is 0 Å². The summed E-state index contributed by atoms with van der Waals surface area (Å²) < 4.78 is 50.5. The Labute approximate surface area is 105 Å². The SMILES string of the molecule is CS(=O)(=O)c1c(F)ccc(C2CCCNC2)c1F. The molecule has 100 valence electrons. The minimum absolute atomic E-state index is 0.0974. The summed E-state index contributed by atoms with van der Waals surface area (Å²) in [6, 6.07) is 2.38. The van der Waals surface area contributed by atoms with Crippen molar-refractivity contribution in [2.45, 2.75) is 23.7 Å². The van der Waals surface area contributed by atoms with Crippen LogP contribution in [0.15, 0.2) is 17.0 Å². The fourth-order valence-electron chi connectivity index (χ4n) is 2.32. The molecule has 1 aromatic rings. The van der Waals surface area contributed by atoms with E-state index in [1.807, 2.05) is 0 Å². The van der Waals surface area contributed by atoms with Gasteiger partial charge in [-0.1, -0.05) is 6.07 Å². The van der Waals surface area contributed by atoms with Crippen LogP contribution < -0.4 is 5.32 Å². The van der Waals surface area contributed by atoms with Gasteiger partial charge in [0, 0.05) is 12.8 Å². The first kappa shape index (κ1) is 13.4. The maximum Gasteiger partial charge on any atom is 0.181 e. The minimum atomic E-state index is -3.90. The summed E-state index contributed by atoms with van der Waals surface area (Å²) in [6.45, 7) is 1.46. The Balaban J connectivity index is 2.50. The quantitative estimate of drug-likeness (QED) is 0.895. The zero-order valence-corrected chi connectivity index (χ0v) is 10.9. The molecule has 3 nitrogen and oxygen atoms in total. The fraction of sp³-hybridized carbons (Fsp3) is 0.500. The van der Waals surface area contributed by atoms with Crippen molar-refractivity contribution in [1.29, 1.82) is 0 Å². The van der Waals surface area contributed by atoms with Gasteiger partial charge in [-0.15, -0.1) is 0 Å². The summed E-state index contributed by atoms with van der Waals surface area (Å²) in [6.07, 6.45) is 2.49. The van der Waals surface area contributed by atoms with Crippen LogP contribution in [-0.4, -0.2) is 27.8 Å². The van der Waals surface area contributed by atoms with E-state index in [1.165, 1.54) is 6.07 Å². The molecule has 1 aromatic carbocycles. The third kappa shape index (κ3) is 2.54. The van der Waals surface area contributed by atoms with Gasteiger partial charge in [-0.05, 0) is 36.9 Å². The highest BCUT2D eigenvalue weighted by Gasteiger charge is 2.26. The molecule has 0 bridgehead atoms. The minimum Gasteiger partial charge on any atom is -0.316 e. The largest absolute Gasteiger partial charge is 0.316 e. The molecule has 0 spiro atoms. The number of piperidine rings is 1. The number of nitrogens with one attached hydrogen (secondary N) is 1. The van der Waals surface area contributed by atoms with Gasteiger partial charge in [0.15, 0.2) is 9.84 Å². The molecular formula is C12H15F2NO2S. The molecule has 1 unspecified atom stereocenters. The molecule has 2 rings (SSSR count). The lowest BCUT2D eigenvalue weighted by Crippen LogP contribution is -2.29. The average molecular weight is 275 g/mol. The van der Waals surface area contributed by atoms with Crippen molar-refractivity contribution in [3.05, 3.63) is 29.3 Å². The Kier molecular flexibility index (Phi) is 3.68. The first-order chi connectivity index (χ1) is 8.41. The maximum atomic E-state index is 14.2. The van der Waals surface area contributed by atoms with Gasteiger partial charge in [0.25, 0.3) is 0 Å². The summed E-state index contributed by atoms with van der Waals surface area (Å²) in [7, 11) is -3.90. The summed E-state index contributed by atoms with van der Waals surface area (Å²) in [4.78, 5) is -0.814. The van der Waals surface area contributed by atoms with Gasteiger partial charge in [-0.25, -0.2) is 17.2 Å². The summed E-state index contributed by atoms with van der Waals surface area (Å²) in [5, 5.41) is 3.12. The van der Waals surface area contributed by atoms with Gasteiger partial charge in [-0.3, -0.25) is 0 Å². The van der Waals surface area contributed by atoms with E-state index in [-0.39, 0.29) is 11.5 Å². The smallest absolute Gasteiger partial charge is 0.181 e. The van der Waals surface area contributed by atoms with E-state index in [0.29, 0.717) is 6.54 Å². The van der Waals surface area contributed by atoms with Crippen molar-refractivity contribution < 1.29 is 17.2 Å². The summed E-state index contributed by atoms with van der Waals surface area (Å²) >= 11 is 0. The number of halogens is 2. The van der Waals surface area contributed by atoms with Crippen LogP contribution in [0.25, 0.3) is 0 Å². The van der Waals surface area contributed by atoms with Crippen LogP contribution in [0.5, 0.6) is 0 Å². The Morgan fingerprint density at radius 3 is 2.61 bits per heavy atom. The molecule has 0 aliphatic carbocycles. The molecule has 18 heavy (non-hydrogen) atoms. The lowest BCUT2D eigenvalue weighted by molar-refractivity contribution is 0.435. The predicted octanol–water partition coefficient (Wildman–Crippen LogP) is 1.84. The first-order valence-electron chi connectivity index (χ1n) is 5.80. The van der Waals surface area contributed by atoms with Crippen LogP contribution in [0.3, 0.4) is 0 Å². The molecule has 1 heterocycles. The van der Waals surface area contributed by atoms with Gasteiger partial charge >= 0.3 is 0 Å². The van der Waals surface area contributed by atoms with Crippen molar-refractivity contribution in [3.8, 4) is 0 Å². The second-order valence-corrected chi connectivity index (χ2v) is 6.55. The maximum absolute atomic E-state index is 14.2. The first-order valence-corrected chi connectivity index (χ1v) is 7.69. The molecule has 1 atom stereocenters. The van der Waals surface area contributed by atoms with Gasteiger partial charge in [-0.2, -0.15) is 0 Å². The standard InChI is InChI=1S/C12H15F2NO2S/c1-18(16,17)12-10(13)5-4-9(11(12)14)8-3-2-6-15-7-8/h4-5,8,15H,2-3,6-7H2,1H3. The third-order valence-corrected chi connectivity index (χ3v) is 4.30. The van der Waals surface area contributed by atoms with E-state index in [4.69, 9.17) is 0 Å². The van der Waals surface area contributed by atoms with Crippen molar-refractivity contribution in [2.75, 3.05) is 19.3 Å². The Hall–Kier alpha value is -1.01.